The van der Waals surface area contributed by atoms with E-state index in [9.17, 15) is 18.0 Å². The van der Waals surface area contributed by atoms with Crippen LogP contribution in [-0.2, 0) is 23.9 Å². The van der Waals surface area contributed by atoms with Crippen LogP contribution in [0.2, 0.25) is 0 Å². The highest BCUT2D eigenvalue weighted by Gasteiger charge is 2.30. The molecule has 0 saturated heterocycles. The number of carbonyl (C=O) groups is 2. The molecule has 1 aromatic carbocycles. The molecule has 0 bridgehead atoms. The van der Waals surface area contributed by atoms with Gasteiger partial charge in [0.1, 0.15) is 4.90 Å². The summed E-state index contributed by atoms with van der Waals surface area (Å²) < 4.78 is 28.5. The number of aliphatic imine (C=N–C) groups is 1. The maximum Gasteiger partial charge on any atom is 0.351 e. The van der Waals surface area contributed by atoms with Crippen LogP contribution in [0.3, 0.4) is 0 Å². The second kappa shape index (κ2) is 6.10. The highest BCUT2D eigenvalue weighted by Crippen LogP contribution is 2.24. The molecule has 0 fully saturated rings. The lowest BCUT2D eigenvalue weighted by Gasteiger charge is -2.16. The molecule has 2 rings (SSSR count). The molecule has 0 amide bonds. The van der Waals surface area contributed by atoms with Crippen LogP contribution in [0.4, 0.5) is 0 Å². The fourth-order valence-electron chi connectivity index (χ4n) is 1.87. The normalized spacial score (nSPS) is 18.1. The van der Waals surface area contributed by atoms with Crippen LogP contribution in [0.5, 0.6) is 0 Å². The average molecular weight is 323 g/mol. The van der Waals surface area contributed by atoms with E-state index in [4.69, 9.17) is 5.11 Å². The number of carbonyl (C=O) groups excluding carboxylic acids is 1. The van der Waals surface area contributed by atoms with Crippen molar-refractivity contribution in [1.29, 1.82) is 0 Å². The molecule has 1 aliphatic rings. The Hall–Kier alpha value is -2.48. The van der Waals surface area contributed by atoms with Gasteiger partial charge in [0.2, 0.25) is 0 Å². The number of hydrogen-bond acceptors (Lipinski definition) is 6. The van der Waals surface area contributed by atoms with Gasteiger partial charge in [-0.05, 0) is 25.5 Å². The third kappa shape index (κ3) is 3.40. The van der Waals surface area contributed by atoms with Gasteiger partial charge in [-0.15, -0.1) is 0 Å². The molecule has 116 valence electrons. The minimum atomic E-state index is -4.25. The first kappa shape index (κ1) is 15.9. The Labute approximate surface area is 127 Å². The van der Waals surface area contributed by atoms with Gasteiger partial charge in [-0.1, -0.05) is 18.2 Å². The minimum absolute atomic E-state index is 0.0607. The van der Waals surface area contributed by atoms with Gasteiger partial charge in [0.05, 0.1) is 11.5 Å². The molecule has 0 saturated carbocycles. The molecular weight excluding hydrogens is 310 g/mol. The van der Waals surface area contributed by atoms with E-state index in [-0.39, 0.29) is 22.6 Å². The molecule has 1 heterocycles. The van der Waals surface area contributed by atoms with Gasteiger partial charge in [0, 0.05) is 11.9 Å². The van der Waals surface area contributed by atoms with Gasteiger partial charge in [-0.25, -0.2) is 4.79 Å². The minimum Gasteiger partial charge on any atom is -0.481 e. The Morgan fingerprint density at radius 1 is 1.27 bits per heavy atom. The third-order valence-corrected chi connectivity index (χ3v) is 4.31. The standard InChI is InChI=1S/C14H13NO6S/c1-9-12(7-10(8-15-9)13(16)17)14(18)21-22(19,20)11-5-3-2-4-6-11/h2-6,8,10H,7H2,1H3,(H,16,17). The number of rotatable bonds is 4. The first-order valence-corrected chi connectivity index (χ1v) is 7.72. The first-order chi connectivity index (χ1) is 10.3. The van der Waals surface area contributed by atoms with Crippen LogP contribution in [0.1, 0.15) is 13.3 Å². The van der Waals surface area contributed by atoms with Gasteiger partial charge in [-0.2, -0.15) is 8.42 Å². The van der Waals surface area contributed by atoms with E-state index in [0.717, 1.165) is 0 Å². The van der Waals surface area contributed by atoms with Crippen LogP contribution >= 0.6 is 0 Å². The van der Waals surface area contributed by atoms with Crippen LogP contribution in [-0.4, -0.2) is 31.7 Å². The average Bonchev–Trinajstić information content (AvgIpc) is 2.47. The second-order valence-electron chi connectivity index (χ2n) is 4.63. The molecule has 1 aromatic rings. The number of carboxylic acids is 1. The molecule has 1 atom stereocenters. The van der Waals surface area contributed by atoms with Crippen LogP contribution < -0.4 is 0 Å². The van der Waals surface area contributed by atoms with Crippen molar-refractivity contribution < 1.29 is 27.3 Å². The van der Waals surface area contributed by atoms with Crippen molar-refractivity contribution >= 4 is 28.3 Å². The van der Waals surface area contributed by atoms with Gasteiger partial charge in [-0.3, -0.25) is 9.79 Å². The van der Waals surface area contributed by atoms with Gasteiger partial charge >= 0.3 is 22.1 Å². The lowest BCUT2D eigenvalue weighted by Crippen LogP contribution is -2.24. The molecule has 1 N–H and O–H groups in total. The van der Waals surface area contributed by atoms with Crippen molar-refractivity contribution in [1.82, 2.24) is 0 Å². The Morgan fingerprint density at radius 3 is 2.50 bits per heavy atom. The van der Waals surface area contributed by atoms with Crippen molar-refractivity contribution in [2.45, 2.75) is 18.2 Å². The summed E-state index contributed by atoms with van der Waals surface area (Å²) in [5.74, 6) is -3.23. The van der Waals surface area contributed by atoms with E-state index in [2.05, 4.69) is 9.18 Å². The van der Waals surface area contributed by atoms with Crippen LogP contribution in [0.15, 0.2) is 51.5 Å². The Kier molecular flexibility index (Phi) is 4.41. The molecular formula is C14H13NO6S. The van der Waals surface area contributed by atoms with E-state index in [1.165, 1.54) is 37.4 Å². The number of nitrogens with zero attached hydrogens (tertiary/aromatic N) is 1. The molecule has 22 heavy (non-hydrogen) atoms. The predicted octanol–water partition coefficient (Wildman–Crippen LogP) is 1.37. The number of allylic oxidation sites excluding steroid dienone is 1. The molecule has 1 aliphatic heterocycles. The van der Waals surface area contributed by atoms with E-state index in [0.29, 0.717) is 0 Å². The van der Waals surface area contributed by atoms with E-state index in [1.807, 2.05) is 0 Å². The summed E-state index contributed by atoms with van der Waals surface area (Å²) in [6.45, 7) is 1.49. The largest absolute Gasteiger partial charge is 0.481 e. The maximum atomic E-state index is 12.0. The van der Waals surface area contributed by atoms with Crippen molar-refractivity contribution in [3.05, 3.63) is 41.6 Å². The SMILES string of the molecule is CC1=C(C(=O)OS(=O)(=O)c2ccccc2)CC(C(=O)O)C=N1. The zero-order chi connectivity index (χ0) is 16.3. The molecule has 1 unspecified atom stereocenters. The van der Waals surface area contributed by atoms with Crippen molar-refractivity contribution in [2.24, 2.45) is 10.9 Å². The maximum absolute atomic E-state index is 12.0. The van der Waals surface area contributed by atoms with Crippen molar-refractivity contribution in [3.63, 3.8) is 0 Å². The highest BCUT2D eigenvalue weighted by atomic mass is 32.2. The zero-order valence-corrected chi connectivity index (χ0v) is 12.4. The molecule has 0 aromatic heterocycles. The Bertz CT molecular complexity index is 764. The summed E-state index contributed by atoms with van der Waals surface area (Å²) in [6.07, 6.45) is 1.05. The van der Waals surface area contributed by atoms with Gasteiger partial charge < -0.3 is 9.29 Å². The lowest BCUT2D eigenvalue weighted by atomic mass is 9.97. The number of benzene rings is 1. The number of hydrogen-bond donors (Lipinski definition) is 1. The number of aliphatic carboxylic acids is 1. The van der Waals surface area contributed by atoms with Crippen molar-refractivity contribution in [3.8, 4) is 0 Å². The predicted molar refractivity (Wildman–Crippen MR) is 76.7 cm³/mol. The summed E-state index contributed by atoms with van der Waals surface area (Å²) in [5, 5.41) is 8.95. The second-order valence-corrected chi connectivity index (χ2v) is 6.18. The highest BCUT2D eigenvalue weighted by molar-refractivity contribution is 7.87. The molecule has 0 radical (unpaired) electrons. The fraction of sp³-hybridized carbons (Fsp3) is 0.214. The number of carboxylic acid groups (broad SMARTS) is 1. The van der Waals surface area contributed by atoms with Gasteiger partial charge in [0.15, 0.2) is 0 Å². The zero-order valence-electron chi connectivity index (χ0n) is 11.6. The van der Waals surface area contributed by atoms with E-state index < -0.39 is 28.0 Å². The summed E-state index contributed by atoms with van der Waals surface area (Å²) in [6, 6.07) is 7.21. The Balaban J connectivity index is 2.22. The summed E-state index contributed by atoms with van der Waals surface area (Å²) in [5.41, 5.74) is 0.181. The quantitative estimate of drug-likeness (QED) is 0.838. The third-order valence-electron chi connectivity index (χ3n) is 3.09. The fourth-order valence-corrected chi connectivity index (χ4v) is 2.75. The summed E-state index contributed by atoms with van der Waals surface area (Å²) >= 11 is 0. The monoisotopic (exact) mass is 323 g/mol. The van der Waals surface area contributed by atoms with E-state index >= 15 is 0 Å². The smallest absolute Gasteiger partial charge is 0.351 e. The van der Waals surface area contributed by atoms with E-state index in [1.54, 1.807) is 6.07 Å². The van der Waals surface area contributed by atoms with Crippen LogP contribution in [0.25, 0.3) is 0 Å². The molecule has 7 nitrogen and oxygen atoms in total. The molecule has 0 aliphatic carbocycles. The summed E-state index contributed by atoms with van der Waals surface area (Å²) in [4.78, 5) is 26.7. The van der Waals surface area contributed by atoms with Gasteiger partial charge in [0.25, 0.3) is 0 Å². The topological polar surface area (TPSA) is 110 Å². The molecule has 8 heteroatoms. The van der Waals surface area contributed by atoms with Crippen LogP contribution in [0, 0.1) is 5.92 Å². The van der Waals surface area contributed by atoms with Crippen molar-refractivity contribution in [2.75, 3.05) is 0 Å². The first-order valence-electron chi connectivity index (χ1n) is 6.32. The Morgan fingerprint density at radius 2 is 1.91 bits per heavy atom. The lowest BCUT2D eigenvalue weighted by molar-refractivity contribution is -0.139. The summed E-state index contributed by atoms with van der Waals surface area (Å²) in [7, 11) is -4.25. The molecule has 0 spiro atoms.